The number of carbonyl (C=O) groups is 10. The van der Waals surface area contributed by atoms with Crippen LogP contribution in [0.3, 0.4) is 0 Å². The first-order chi connectivity index (χ1) is 40.1. The number of imide groups is 1. The molecule has 0 bridgehead atoms. The molecule has 8 amide bonds. The fraction of sp³-hybridized carbons (Fsp3) is 0.431. The number of hydrogen-bond donors (Lipinski definition) is 8. The lowest BCUT2D eigenvalue weighted by Crippen LogP contribution is -2.56. The summed E-state index contributed by atoms with van der Waals surface area (Å²) in [7, 11) is 0. The Morgan fingerprint density at radius 1 is 0.881 bits per heavy atom. The van der Waals surface area contributed by atoms with Crippen LogP contribution in [0.25, 0.3) is 22.3 Å². The van der Waals surface area contributed by atoms with E-state index in [9.17, 15) is 57.8 Å². The van der Waals surface area contributed by atoms with Crippen molar-refractivity contribution < 1.29 is 72.0 Å². The number of aliphatic imine (C=N–C) groups is 1. The lowest BCUT2D eigenvalue weighted by molar-refractivity contribution is -0.174. The third kappa shape index (κ3) is 13.1. The lowest BCUT2D eigenvalue weighted by Gasteiger charge is -2.33. The molecule has 1 unspecified atom stereocenters. The van der Waals surface area contributed by atoms with Gasteiger partial charge >= 0.3 is 11.9 Å². The number of hydrogen-bond acceptors (Lipinski definition) is 16. The molecule has 2 aromatic carbocycles. The molecular formula is C58H63FN10O15. The molecule has 84 heavy (non-hydrogen) atoms. The number of carboxylic acids is 1. The number of fused-ring (bicyclic) bond motifs is 5. The summed E-state index contributed by atoms with van der Waals surface area (Å²) in [5.74, 6) is -9.43. The number of ether oxygens (including phenoxy) is 2. The number of carboxylic acid groups (broad SMARTS) is 1. The Bertz CT molecular complexity index is 3490. The van der Waals surface area contributed by atoms with Crippen LogP contribution in [0.15, 0.2) is 64.4 Å². The molecule has 25 nitrogen and oxygen atoms in total. The van der Waals surface area contributed by atoms with Gasteiger partial charge in [0, 0.05) is 59.8 Å². The van der Waals surface area contributed by atoms with Crippen LogP contribution in [0.5, 0.6) is 0 Å². The first-order valence-corrected chi connectivity index (χ1v) is 27.5. The number of aryl methyl sites for hydroxylation is 1. The summed E-state index contributed by atoms with van der Waals surface area (Å²) in [6, 6.07) is 8.78. The number of cyclic esters (lactones) is 1. The summed E-state index contributed by atoms with van der Waals surface area (Å²) in [6.07, 6.45) is 5.19. The summed E-state index contributed by atoms with van der Waals surface area (Å²) in [5.41, 5.74) is 2.03. The SMILES string of the molecule is Cc1c(F)cc2nc3c(c4c2c1CCC4C=NC(=O)[C@@H](CC1CC1)OCNC(=O)CNC(=O)[C@H](Cc1ccccc1)NC(=O)CNC(=O)CNC(=O)[C@H](CNCC(=O)O)N1C(=O)C=CC1=O)Cn1c-3cc2c(c1=O)COC(=O)[C@]2(O)CC(C)C. The van der Waals surface area contributed by atoms with Crippen molar-refractivity contribution in [3.05, 3.63) is 110 Å². The Morgan fingerprint density at radius 3 is 2.26 bits per heavy atom. The van der Waals surface area contributed by atoms with Crippen LogP contribution in [0.2, 0.25) is 0 Å². The van der Waals surface area contributed by atoms with Gasteiger partial charge in [0.05, 0.1) is 55.2 Å². The Kier molecular flexibility index (Phi) is 18.0. The number of nitrogens with one attached hydrogen (secondary N) is 6. The zero-order valence-electron chi connectivity index (χ0n) is 46.2. The largest absolute Gasteiger partial charge is 0.480 e. The molecule has 2 aliphatic carbocycles. The van der Waals surface area contributed by atoms with Crippen LogP contribution in [0.4, 0.5) is 4.39 Å². The number of pyridine rings is 2. The highest BCUT2D eigenvalue weighted by atomic mass is 19.1. The van der Waals surface area contributed by atoms with E-state index in [2.05, 4.69) is 36.9 Å². The Morgan fingerprint density at radius 2 is 1.57 bits per heavy atom. The van der Waals surface area contributed by atoms with Gasteiger partial charge in [-0.25, -0.2) is 19.2 Å². The molecule has 26 heteroatoms. The van der Waals surface area contributed by atoms with Gasteiger partial charge in [-0.1, -0.05) is 57.0 Å². The van der Waals surface area contributed by atoms with Gasteiger partial charge in [-0.2, -0.15) is 0 Å². The molecule has 2 aromatic heterocycles. The van der Waals surface area contributed by atoms with Crippen LogP contribution in [0, 0.1) is 24.6 Å². The molecule has 3 aliphatic heterocycles. The molecule has 5 aliphatic rings. The molecule has 1 saturated carbocycles. The Hall–Kier alpha value is -8.88. The zero-order chi connectivity index (χ0) is 60.1. The highest BCUT2D eigenvalue weighted by molar-refractivity contribution is 6.15. The van der Waals surface area contributed by atoms with Gasteiger partial charge in [-0.15, -0.1) is 0 Å². The number of esters is 1. The number of aliphatic carboxylic acids is 1. The zero-order valence-corrected chi connectivity index (χ0v) is 46.2. The van der Waals surface area contributed by atoms with Crippen LogP contribution < -0.4 is 37.5 Å². The number of rotatable bonds is 25. The number of aliphatic hydroxyl groups is 1. The smallest absolute Gasteiger partial charge is 0.343 e. The molecule has 4 aromatic rings. The number of benzene rings is 2. The van der Waals surface area contributed by atoms with Crippen LogP contribution in [0.1, 0.15) is 90.8 Å². The first-order valence-electron chi connectivity index (χ1n) is 27.5. The van der Waals surface area contributed by atoms with E-state index >= 15 is 4.39 Å². The second-order valence-corrected chi connectivity index (χ2v) is 21.8. The van der Waals surface area contributed by atoms with E-state index in [-0.39, 0.29) is 49.0 Å². The monoisotopic (exact) mass is 1160 g/mol. The maximum absolute atomic E-state index is 15.6. The molecule has 0 spiro atoms. The standard InChI is InChI=1S/C58H63FN10O15/c1-29(2)19-58(82)37-17-41-52-35(26-68(41)56(80)36(37)27-83-57(58)81)50-33(11-12-34-30(3)38(59)18-39(67-52)51(34)50)20-62-55(79)43(16-32-9-10-32)84-28-65-45(71)23-63-53(77)40(15-31-7-5-4-6-8-31)66-46(72)24-61-44(70)22-64-54(78)42(21-60-25-49(75)76)69-47(73)13-14-48(69)74/h4-8,13-14,17-18,20,29,32-33,40,42-43,60,82H,9-12,15-16,19,21-28H2,1-3H3,(H,61,70)(H,63,77)(H,64,78)(H,65,71)(H,66,72)(H,75,76)/t33?,40-,42-,43+,58-/m0/s1. The fourth-order valence-corrected chi connectivity index (χ4v) is 11.1. The normalized spacial score (nSPS) is 18.6. The van der Waals surface area contributed by atoms with Crippen molar-refractivity contribution in [1.82, 2.24) is 46.4 Å². The summed E-state index contributed by atoms with van der Waals surface area (Å²) >= 11 is 0. The molecule has 442 valence electrons. The van der Waals surface area contributed by atoms with Gasteiger partial charge in [0.1, 0.15) is 37.3 Å². The van der Waals surface area contributed by atoms with E-state index in [0.29, 0.717) is 63.1 Å². The van der Waals surface area contributed by atoms with Gasteiger partial charge in [0.2, 0.25) is 29.5 Å². The van der Waals surface area contributed by atoms with Gasteiger partial charge < -0.3 is 56.2 Å². The highest BCUT2D eigenvalue weighted by Crippen LogP contribution is 2.46. The van der Waals surface area contributed by atoms with Crippen molar-refractivity contribution in [2.75, 3.05) is 39.5 Å². The molecule has 0 radical (unpaired) electrons. The second-order valence-electron chi connectivity index (χ2n) is 21.8. The van der Waals surface area contributed by atoms with Crippen molar-refractivity contribution in [2.24, 2.45) is 16.8 Å². The van der Waals surface area contributed by atoms with E-state index in [0.717, 1.165) is 36.1 Å². The van der Waals surface area contributed by atoms with Crippen molar-refractivity contribution in [2.45, 2.75) is 109 Å². The minimum Gasteiger partial charge on any atom is -0.480 e. The summed E-state index contributed by atoms with van der Waals surface area (Å²) in [5, 5.41) is 36.0. The van der Waals surface area contributed by atoms with Crippen molar-refractivity contribution in [1.29, 1.82) is 0 Å². The average molecular weight is 1160 g/mol. The average Bonchev–Trinajstić information content (AvgIpc) is 1.47. The highest BCUT2D eigenvalue weighted by Gasteiger charge is 2.48. The molecule has 5 atom stereocenters. The maximum atomic E-state index is 15.6. The molecular weight excluding hydrogens is 1100 g/mol. The van der Waals surface area contributed by atoms with Gasteiger partial charge in [0.25, 0.3) is 23.3 Å². The third-order valence-corrected chi connectivity index (χ3v) is 15.4. The van der Waals surface area contributed by atoms with Gasteiger partial charge in [-0.05, 0) is 72.8 Å². The maximum Gasteiger partial charge on any atom is 0.343 e. The van der Waals surface area contributed by atoms with E-state index in [4.69, 9.17) is 19.6 Å². The van der Waals surface area contributed by atoms with E-state index < -0.39 is 140 Å². The van der Waals surface area contributed by atoms with Gasteiger partial charge in [0.15, 0.2) is 5.60 Å². The molecule has 8 N–H and O–H groups in total. The second kappa shape index (κ2) is 25.3. The van der Waals surface area contributed by atoms with Crippen molar-refractivity contribution >= 4 is 76.3 Å². The van der Waals surface area contributed by atoms with Gasteiger partial charge in [-0.3, -0.25) is 52.8 Å². The van der Waals surface area contributed by atoms with E-state index in [1.54, 1.807) is 43.3 Å². The minimum absolute atomic E-state index is 0.00310. The number of halogens is 1. The number of aromatic nitrogens is 2. The number of amides is 8. The quantitative estimate of drug-likeness (QED) is 0.0166. The molecule has 0 saturated heterocycles. The topological polar surface area (TPSA) is 352 Å². The Balaban J connectivity index is 0.816. The molecule has 5 heterocycles. The van der Waals surface area contributed by atoms with Crippen molar-refractivity contribution in [3.63, 3.8) is 0 Å². The van der Waals surface area contributed by atoms with E-state index in [1.807, 2.05) is 13.8 Å². The lowest BCUT2D eigenvalue weighted by atomic mass is 9.78. The first kappa shape index (κ1) is 59.7. The molecule has 1 fully saturated rings. The predicted molar refractivity (Wildman–Crippen MR) is 295 cm³/mol. The molecule has 9 rings (SSSR count). The summed E-state index contributed by atoms with van der Waals surface area (Å²) in [4.78, 5) is 152. The third-order valence-electron chi connectivity index (χ3n) is 15.4. The van der Waals surface area contributed by atoms with Crippen LogP contribution in [-0.2, 0) is 89.0 Å². The van der Waals surface area contributed by atoms with Crippen LogP contribution >= 0.6 is 0 Å². The number of nitrogens with zero attached hydrogens (tertiary/aromatic N) is 4. The summed E-state index contributed by atoms with van der Waals surface area (Å²) < 4.78 is 28.4. The fourth-order valence-electron chi connectivity index (χ4n) is 11.1. The summed E-state index contributed by atoms with van der Waals surface area (Å²) in [6.45, 7) is 1.69. The van der Waals surface area contributed by atoms with Crippen LogP contribution in [-0.4, -0.2) is 148 Å². The number of carbonyl (C=O) groups excluding carboxylic acids is 9. The van der Waals surface area contributed by atoms with Crippen molar-refractivity contribution in [3.8, 4) is 11.4 Å². The Labute approximate surface area is 479 Å². The minimum atomic E-state index is -2.08. The predicted octanol–water partition coefficient (Wildman–Crippen LogP) is 0.0933. The van der Waals surface area contributed by atoms with E-state index in [1.165, 1.54) is 16.8 Å².